The van der Waals surface area contributed by atoms with E-state index in [9.17, 15) is 10.2 Å². The molecule has 1 saturated heterocycles. The van der Waals surface area contributed by atoms with Crippen LogP contribution in [0, 0.1) is 34.5 Å². The fourth-order valence-corrected chi connectivity index (χ4v) is 1.36. The Morgan fingerprint density at radius 2 is 1.38 bits per heavy atom. The zero-order valence-corrected chi connectivity index (χ0v) is 7.01. The summed E-state index contributed by atoms with van der Waals surface area (Å²) in [5.41, 5.74) is 0. The molecule has 0 aliphatic carbocycles. The lowest BCUT2D eigenvalue weighted by Gasteiger charge is -2.19. The van der Waals surface area contributed by atoms with Gasteiger partial charge in [-0.15, -0.1) is 0 Å². The van der Waals surface area contributed by atoms with E-state index in [-0.39, 0.29) is 0 Å². The Balaban J connectivity index is 2.75. The molecule has 0 amide bonds. The fraction of sp³-hybridized carbons (Fsp3) is 0.750. The topological polar surface area (TPSA) is 100 Å². The van der Waals surface area contributed by atoms with E-state index in [1.54, 1.807) is 0 Å². The van der Waals surface area contributed by atoms with Gasteiger partial charge in [0.1, 0.15) is 0 Å². The Kier molecular flexibility index (Phi) is 3.21. The molecule has 1 aliphatic heterocycles. The second-order valence-electron chi connectivity index (χ2n) is 3.11. The van der Waals surface area contributed by atoms with Crippen LogP contribution in [0.1, 0.15) is 0 Å². The van der Waals surface area contributed by atoms with E-state index in [0.29, 0.717) is 13.1 Å². The average Bonchev–Trinajstić information content (AvgIpc) is 2.28. The first kappa shape index (κ1) is 9.94. The third-order valence-electron chi connectivity index (χ3n) is 2.23. The third kappa shape index (κ3) is 1.96. The van der Waals surface area contributed by atoms with Crippen molar-refractivity contribution < 1.29 is 10.2 Å². The van der Waals surface area contributed by atoms with Crippen molar-refractivity contribution in [3.8, 4) is 12.1 Å². The van der Waals surface area contributed by atoms with E-state index in [1.807, 2.05) is 12.1 Å². The summed E-state index contributed by atoms with van der Waals surface area (Å²) >= 11 is 0. The van der Waals surface area contributed by atoms with Crippen LogP contribution in [0.3, 0.4) is 0 Å². The molecular formula is C8H11N3O2. The molecule has 0 aromatic carbocycles. The van der Waals surface area contributed by atoms with Crippen molar-refractivity contribution in [3.05, 3.63) is 0 Å². The van der Waals surface area contributed by atoms with Crippen LogP contribution in [0.15, 0.2) is 0 Å². The van der Waals surface area contributed by atoms with Crippen molar-refractivity contribution in [2.45, 2.75) is 12.2 Å². The molecular weight excluding hydrogens is 170 g/mol. The summed E-state index contributed by atoms with van der Waals surface area (Å²) in [6.07, 6.45) is -2.27. The molecule has 1 fully saturated rings. The van der Waals surface area contributed by atoms with Crippen LogP contribution in [-0.4, -0.2) is 35.5 Å². The Morgan fingerprint density at radius 1 is 1.00 bits per heavy atom. The van der Waals surface area contributed by atoms with Crippen molar-refractivity contribution in [1.29, 1.82) is 10.5 Å². The van der Waals surface area contributed by atoms with E-state index in [4.69, 9.17) is 10.5 Å². The summed E-state index contributed by atoms with van der Waals surface area (Å²) in [4.78, 5) is 0. The average molecular weight is 181 g/mol. The molecule has 3 N–H and O–H groups in total. The molecule has 5 heteroatoms. The largest absolute Gasteiger partial charge is 0.389 e. The number of nitrogens with zero attached hydrogens (tertiary/aromatic N) is 2. The summed E-state index contributed by atoms with van der Waals surface area (Å²) in [5.74, 6) is -1.29. The van der Waals surface area contributed by atoms with Gasteiger partial charge in [-0.1, -0.05) is 0 Å². The zero-order valence-electron chi connectivity index (χ0n) is 7.01. The van der Waals surface area contributed by atoms with E-state index in [1.165, 1.54) is 0 Å². The molecule has 4 atom stereocenters. The van der Waals surface area contributed by atoms with Gasteiger partial charge in [0.25, 0.3) is 0 Å². The summed E-state index contributed by atoms with van der Waals surface area (Å²) in [6.45, 7) is 0.625. The minimum absolute atomic E-state index is 0.312. The van der Waals surface area contributed by atoms with E-state index < -0.39 is 24.0 Å². The Hall–Kier alpha value is -1.14. The quantitative estimate of drug-likeness (QED) is 0.426. The SMILES string of the molecule is N#CC1CNCC(C#N)C(O)C1O. The van der Waals surface area contributed by atoms with Crippen LogP contribution >= 0.6 is 0 Å². The zero-order chi connectivity index (χ0) is 9.84. The number of aliphatic hydroxyl groups is 2. The smallest absolute Gasteiger partial charge is 0.0982 e. The molecule has 4 unspecified atom stereocenters. The van der Waals surface area contributed by atoms with Crippen LogP contribution in [0.25, 0.3) is 0 Å². The van der Waals surface area contributed by atoms with Crippen molar-refractivity contribution in [2.24, 2.45) is 11.8 Å². The second-order valence-corrected chi connectivity index (χ2v) is 3.11. The van der Waals surface area contributed by atoms with Gasteiger partial charge in [-0.25, -0.2) is 0 Å². The highest BCUT2D eigenvalue weighted by atomic mass is 16.3. The first-order valence-electron chi connectivity index (χ1n) is 4.06. The summed E-state index contributed by atoms with van der Waals surface area (Å²) in [5, 5.41) is 39.0. The molecule has 0 aromatic rings. The lowest BCUT2D eigenvalue weighted by Crippen LogP contribution is -2.37. The van der Waals surface area contributed by atoms with E-state index in [2.05, 4.69) is 5.32 Å². The Labute approximate surface area is 76.2 Å². The van der Waals surface area contributed by atoms with Crippen LogP contribution in [0.4, 0.5) is 0 Å². The molecule has 0 aromatic heterocycles. The predicted molar refractivity (Wildman–Crippen MR) is 43.1 cm³/mol. The molecule has 70 valence electrons. The van der Waals surface area contributed by atoms with Crippen molar-refractivity contribution in [2.75, 3.05) is 13.1 Å². The monoisotopic (exact) mass is 181 g/mol. The van der Waals surface area contributed by atoms with Crippen LogP contribution in [0.2, 0.25) is 0 Å². The predicted octanol–water partition coefficient (Wildman–Crippen LogP) is -1.41. The van der Waals surface area contributed by atoms with Gasteiger partial charge in [0, 0.05) is 13.1 Å². The highest BCUT2D eigenvalue weighted by molar-refractivity contribution is 5.02. The molecule has 0 spiro atoms. The Bertz CT molecular complexity index is 229. The van der Waals surface area contributed by atoms with Gasteiger partial charge >= 0.3 is 0 Å². The van der Waals surface area contributed by atoms with Gasteiger partial charge in [-0.2, -0.15) is 10.5 Å². The van der Waals surface area contributed by atoms with Gasteiger partial charge in [-0.3, -0.25) is 0 Å². The first-order chi connectivity index (χ1) is 6.20. The number of nitriles is 2. The molecule has 1 aliphatic rings. The van der Waals surface area contributed by atoms with Crippen LogP contribution in [0.5, 0.6) is 0 Å². The number of aliphatic hydroxyl groups excluding tert-OH is 2. The summed E-state index contributed by atoms with van der Waals surface area (Å²) < 4.78 is 0. The Morgan fingerprint density at radius 3 is 1.69 bits per heavy atom. The van der Waals surface area contributed by atoms with Crippen LogP contribution < -0.4 is 5.32 Å². The molecule has 13 heavy (non-hydrogen) atoms. The number of nitrogens with one attached hydrogen (secondary N) is 1. The van der Waals surface area contributed by atoms with Gasteiger partial charge < -0.3 is 15.5 Å². The van der Waals surface area contributed by atoms with Crippen molar-refractivity contribution in [1.82, 2.24) is 5.32 Å². The first-order valence-corrected chi connectivity index (χ1v) is 4.06. The molecule has 1 rings (SSSR count). The van der Waals surface area contributed by atoms with Crippen molar-refractivity contribution in [3.63, 3.8) is 0 Å². The molecule has 1 heterocycles. The lowest BCUT2D eigenvalue weighted by molar-refractivity contribution is -0.0130. The van der Waals surface area contributed by atoms with Crippen molar-refractivity contribution >= 4 is 0 Å². The maximum absolute atomic E-state index is 9.46. The fourth-order valence-electron chi connectivity index (χ4n) is 1.36. The van der Waals surface area contributed by atoms with Gasteiger partial charge in [0.15, 0.2) is 0 Å². The third-order valence-corrected chi connectivity index (χ3v) is 2.23. The van der Waals surface area contributed by atoms with Gasteiger partial charge in [-0.05, 0) is 0 Å². The lowest BCUT2D eigenvalue weighted by atomic mass is 9.93. The molecule has 5 nitrogen and oxygen atoms in total. The number of hydrogen-bond donors (Lipinski definition) is 3. The van der Waals surface area contributed by atoms with Gasteiger partial charge in [0.2, 0.25) is 0 Å². The minimum Gasteiger partial charge on any atom is -0.389 e. The summed E-state index contributed by atoms with van der Waals surface area (Å²) in [7, 11) is 0. The molecule has 0 radical (unpaired) electrons. The minimum atomic E-state index is -1.13. The maximum Gasteiger partial charge on any atom is 0.0982 e. The second kappa shape index (κ2) is 4.20. The number of hydrogen-bond acceptors (Lipinski definition) is 5. The summed E-state index contributed by atoms with van der Waals surface area (Å²) in [6, 6.07) is 3.77. The molecule has 0 bridgehead atoms. The van der Waals surface area contributed by atoms with E-state index >= 15 is 0 Å². The van der Waals surface area contributed by atoms with E-state index in [0.717, 1.165) is 0 Å². The normalized spacial score (nSPS) is 40.0. The van der Waals surface area contributed by atoms with Gasteiger partial charge in [0.05, 0.1) is 36.2 Å². The number of rotatable bonds is 0. The standard InChI is InChI=1S/C8H11N3O2/c9-1-5-3-11-4-6(2-10)8(13)7(5)12/h5-8,11-13H,3-4H2. The highest BCUT2D eigenvalue weighted by Crippen LogP contribution is 2.16. The molecule has 0 saturated carbocycles. The highest BCUT2D eigenvalue weighted by Gasteiger charge is 2.34. The maximum atomic E-state index is 9.46. The van der Waals surface area contributed by atoms with Crippen LogP contribution in [-0.2, 0) is 0 Å².